The molecule has 1 aliphatic heterocycles. The lowest BCUT2D eigenvalue weighted by molar-refractivity contribution is -0.140. The van der Waals surface area contributed by atoms with E-state index in [2.05, 4.69) is 16.0 Å². The number of nitrogens with one attached hydrogen (secondary N) is 3. The van der Waals surface area contributed by atoms with Crippen molar-refractivity contribution < 1.29 is 23.4 Å². The van der Waals surface area contributed by atoms with Gasteiger partial charge < -0.3 is 16.0 Å². The summed E-state index contributed by atoms with van der Waals surface area (Å²) in [5, 5.41) is 8.74. The molecule has 0 radical (unpaired) electrons. The molecule has 11 heteroatoms. The molecule has 3 amide bonds. The first-order valence-electron chi connectivity index (χ1n) is 12.8. The second-order valence-corrected chi connectivity index (χ2v) is 13.6. The van der Waals surface area contributed by atoms with Crippen LogP contribution in [-0.2, 0) is 35.4 Å². The van der Waals surface area contributed by atoms with Crippen molar-refractivity contribution in [3.8, 4) is 0 Å². The fourth-order valence-corrected chi connectivity index (χ4v) is 7.68. The van der Waals surface area contributed by atoms with Crippen LogP contribution in [0.5, 0.6) is 0 Å². The number of ketones is 1. The van der Waals surface area contributed by atoms with Gasteiger partial charge in [-0.1, -0.05) is 54.8 Å². The minimum absolute atomic E-state index is 0.111. The van der Waals surface area contributed by atoms with Crippen molar-refractivity contribution in [3.05, 3.63) is 34.9 Å². The van der Waals surface area contributed by atoms with E-state index in [1.165, 1.54) is 10.8 Å². The molecule has 1 aromatic carbocycles. The molecule has 1 aliphatic rings. The highest BCUT2D eigenvalue weighted by Gasteiger charge is 2.30. The van der Waals surface area contributed by atoms with Crippen LogP contribution in [0.1, 0.15) is 64.9 Å². The highest BCUT2D eigenvalue weighted by molar-refractivity contribution is 8.69. The molecule has 1 heterocycles. The molecule has 0 saturated carbocycles. The average molecular weight is 572 g/mol. The summed E-state index contributed by atoms with van der Waals surface area (Å²) in [5.41, 5.74) is 0.735. The summed E-state index contributed by atoms with van der Waals surface area (Å²) >= 11 is 5.95. The second-order valence-electron chi connectivity index (χ2n) is 9.60. The SMILES string of the molecule is CCNC(=O)C(=O)[C@H](Cc1ccc(Cl)cc1)NC(=O)[C@H](CC(C)C)NC(=O)CCCCC1CCSS1=O. The Kier molecular flexibility index (Phi) is 13.7. The summed E-state index contributed by atoms with van der Waals surface area (Å²) in [5.74, 6) is -1.23. The van der Waals surface area contributed by atoms with Crippen molar-refractivity contribution in [1.82, 2.24) is 16.0 Å². The van der Waals surface area contributed by atoms with Gasteiger partial charge in [0.05, 0.1) is 9.83 Å². The Balaban J connectivity index is 2.01. The Morgan fingerprint density at radius 2 is 1.78 bits per heavy atom. The molecule has 37 heavy (non-hydrogen) atoms. The van der Waals surface area contributed by atoms with E-state index >= 15 is 0 Å². The molecule has 1 aromatic rings. The molecule has 4 atom stereocenters. The van der Waals surface area contributed by atoms with Gasteiger partial charge in [-0.3, -0.25) is 19.2 Å². The van der Waals surface area contributed by atoms with Crippen molar-refractivity contribution in [2.75, 3.05) is 12.3 Å². The van der Waals surface area contributed by atoms with E-state index in [1.54, 1.807) is 31.2 Å². The van der Waals surface area contributed by atoms with Gasteiger partial charge in [0, 0.05) is 35.4 Å². The fraction of sp³-hybridized carbons (Fsp3) is 0.615. The number of carbonyl (C=O) groups is 4. The first-order chi connectivity index (χ1) is 17.6. The van der Waals surface area contributed by atoms with Gasteiger partial charge in [-0.2, -0.15) is 0 Å². The maximum absolute atomic E-state index is 13.2. The number of hydrogen-bond acceptors (Lipinski definition) is 6. The number of hydrogen-bond donors (Lipinski definition) is 3. The van der Waals surface area contributed by atoms with E-state index in [9.17, 15) is 23.4 Å². The molecule has 1 saturated heterocycles. The average Bonchev–Trinajstić information content (AvgIpc) is 3.26. The van der Waals surface area contributed by atoms with Gasteiger partial charge in [0.1, 0.15) is 12.1 Å². The van der Waals surface area contributed by atoms with Crippen LogP contribution in [0, 0.1) is 5.92 Å². The molecule has 8 nitrogen and oxygen atoms in total. The van der Waals surface area contributed by atoms with Crippen LogP contribution in [0.15, 0.2) is 24.3 Å². The lowest BCUT2D eigenvalue weighted by Gasteiger charge is -2.24. The Hall–Kier alpha value is -1.91. The maximum atomic E-state index is 13.2. The monoisotopic (exact) mass is 571 g/mol. The van der Waals surface area contributed by atoms with Crippen LogP contribution in [0.3, 0.4) is 0 Å². The smallest absolute Gasteiger partial charge is 0.289 e. The third-order valence-electron chi connectivity index (χ3n) is 6.00. The van der Waals surface area contributed by atoms with Gasteiger partial charge in [0.25, 0.3) is 5.91 Å². The first kappa shape index (κ1) is 31.3. The van der Waals surface area contributed by atoms with Crippen LogP contribution in [0.2, 0.25) is 5.02 Å². The third-order valence-corrected chi connectivity index (χ3v) is 9.91. The zero-order valence-electron chi connectivity index (χ0n) is 21.7. The van der Waals surface area contributed by atoms with Crippen LogP contribution in [0.25, 0.3) is 0 Å². The Bertz CT molecular complexity index is 958. The summed E-state index contributed by atoms with van der Waals surface area (Å²) in [6.07, 6.45) is 4.00. The Morgan fingerprint density at radius 3 is 2.38 bits per heavy atom. The van der Waals surface area contributed by atoms with Crippen LogP contribution in [0.4, 0.5) is 0 Å². The summed E-state index contributed by atoms with van der Waals surface area (Å²) in [6.45, 7) is 5.88. The largest absolute Gasteiger partial charge is 0.350 e. The summed E-state index contributed by atoms with van der Waals surface area (Å²) in [6, 6.07) is 4.91. The number of unbranched alkanes of at least 4 members (excludes halogenated alkanes) is 1. The minimum Gasteiger partial charge on any atom is -0.350 e. The molecule has 0 bridgehead atoms. The molecule has 3 N–H and O–H groups in total. The second kappa shape index (κ2) is 16.1. The molecule has 0 spiro atoms. The Morgan fingerprint density at radius 1 is 1.08 bits per heavy atom. The predicted molar refractivity (Wildman–Crippen MR) is 150 cm³/mol. The first-order valence-corrected chi connectivity index (χ1v) is 15.9. The number of rotatable bonds is 15. The van der Waals surface area contributed by atoms with Gasteiger partial charge >= 0.3 is 0 Å². The molecular formula is C26H38ClN3O5S2. The van der Waals surface area contributed by atoms with Crippen molar-refractivity contribution in [2.24, 2.45) is 5.92 Å². The van der Waals surface area contributed by atoms with Crippen molar-refractivity contribution in [3.63, 3.8) is 0 Å². The molecule has 0 aromatic heterocycles. The van der Waals surface area contributed by atoms with Gasteiger partial charge in [-0.15, -0.1) is 0 Å². The quantitative estimate of drug-likeness (QED) is 0.169. The summed E-state index contributed by atoms with van der Waals surface area (Å²) < 4.78 is 11.9. The predicted octanol–water partition coefficient (Wildman–Crippen LogP) is 3.33. The van der Waals surface area contributed by atoms with Crippen molar-refractivity contribution in [1.29, 1.82) is 0 Å². The normalized spacial score (nSPS) is 18.7. The molecule has 2 unspecified atom stereocenters. The maximum Gasteiger partial charge on any atom is 0.289 e. The standard InChI is InChI=1S/C26H38ClN3O5S2/c1-4-28-26(34)24(32)21(16-18-9-11-19(27)12-10-18)30-25(33)22(15-17(2)3)29-23(31)8-6-5-7-20-13-14-36-37(20)35/h9-12,17,20-22H,4-8,13-16H2,1-3H3,(H,28,34)(H,29,31)(H,30,33)/t20?,21-,22-,37?/m0/s1. The van der Waals surface area contributed by atoms with Crippen LogP contribution < -0.4 is 16.0 Å². The van der Waals surface area contributed by atoms with Crippen molar-refractivity contribution in [2.45, 2.75) is 83.1 Å². The number of amides is 3. The molecular weight excluding hydrogens is 534 g/mol. The number of carbonyl (C=O) groups excluding carboxylic acids is 4. The summed E-state index contributed by atoms with van der Waals surface area (Å²) in [4.78, 5) is 51.0. The number of halogens is 1. The van der Waals surface area contributed by atoms with E-state index in [0.717, 1.165) is 30.6 Å². The zero-order chi connectivity index (χ0) is 27.4. The van der Waals surface area contributed by atoms with Crippen LogP contribution >= 0.6 is 22.4 Å². The van der Waals surface area contributed by atoms with Gasteiger partial charge in [0.15, 0.2) is 0 Å². The fourth-order valence-electron chi connectivity index (χ4n) is 4.07. The molecule has 0 aliphatic carbocycles. The lowest BCUT2D eigenvalue weighted by atomic mass is 9.99. The third kappa shape index (κ3) is 11.2. The van der Waals surface area contributed by atoms with Gasteiger partial charge in [-0.25, -0.2) is 4.21 Å². The molecule has 206 valence electrons. The lowest BCUT2D eigenvalue weighted by Crippen LogP contribution is -2.54. The van der Waals surface area contributed by atoms with E-state index in [-0.39, 0.29) is 36.5 Å². The number of benzene rings is 1. The van der Waals surface area contributed by atoms with E-state index in [4.69, 9.17) is 11.6 Å². The van der Waals surface area contributed by atoms with Gasteiger partial charge in [0.2, 0.25) is 17.6 Å². The molecule has 2 rings (SSSR count). The Labute approximate surface area is 230 Å². The summed E-state index contributed by atoms with van der Waals surface area (Å²) in [7, 11) is 0.665. The molecule has 1 fully saturated rings. The highest BCUT2D eigenvalue weighted by Crippen LogP contribution is 2.29. The topological polar surface area (TPSA) is 121 Å². The van der Waals surface area contributed by atoms with E-state index < -0.39 is 39.5 Å². The highest BCUT2D eigenvalue weighted by atomic mass is 35.5. The van der Waals surface area contributed by atoms with Gasteiger partial charge in [-0.05, 0) is 56.2 Å². The number of Topliss-reactive ketones (excluding diaryl/α,β-unsaturated/α-hetero) is 1. The zero-order valence-corrected chi connectivity index (χ0v) is 24.1. The minimum atomic E-state index is -1.09. The van der Waals surface area contributed by atoms with Crippen LogP contribution in [-0.4, -0.2) is 57.3 Å². The van der Waals surface area contributed by atoms with Crippen molar-refractivity contribution >= 4 is 55.7 Å². The number of likely N-dealkylation sites (N-methyl/N-ethyl adjacent to an activating group) is 1. The van der Waals surface area contributed by atoms with E-state index in [1.807, 2.05) is 13.8 Å². The van der Waals surface area contributed by atoms with E-state index in [0.29, 0.717) is 17.9 Å².